The van der Waals surface area contributed by atoms with Gasteiger partial charge in [-0.1, -0.05) is 0 Å². The number of aromatic amines is 1. The zero-order valence-corrected chi connectivity index (χ0v) is 8.85. The zero-order chi connectivity index (χ0) is 10.6. The lowest BCUT2D eigenvalue weighted by molar-refractivity contribution is -0.126. The number of carbonyl (C=O) groups is 1. The van der Waals surface area contributed by atoms with E-state index in [4.69, 9.17) is 0 Å². The summed E-state index contributed by atoms with van der Waals surface area (Å²) < 4.78 is 0. The zero-order valence-electron chi connectivity index (χ0n) is 8.85. The fraction of sp³-hybridized carbons (Fsp3) is 0.500. The van der Waals surface area contributed by atoms with Crippen LogP contribution >= 0.6 is 0 Å². The minimum Gasteiger partial charge on any atom is -0.364 e. The number of H-pyrrole nitrogens is 1. The van der Waals surface area contributed by atoms with Crippen molar-refractivity contribution in [3.63, 3.8) is 0 Å². The maximum atomic E-state index is 11.6. The van der Waals surface area contributed by atoms with Crippen molar-refractivity contribution in [1.82, 2.24) is 15.6 Å². The Balaban J connectivity index is 2.43. The van der Waals surface area contributed by atoms with E-state index >= 15 is 0 Å². The van der Waals surface area contributed by atoms with Gasteiger partial charge in [0.2, 0.25) is 5.91 Å². The Bertz CT molecular complexity index is 290. The number of hydrogen-bond donors (Lipinski definition) is 3. The van der Waals surface area contributed by atoms with Gasteiger partial charge in [-0.15, -0.1) is 0 Å². The summed E-state index contributed by atoms with van der Waals surface area (Å²) in [7, 11) is 1.77. The highest BCUT2D eigenvalue weighted by Crippen LogP contribution is 2.01. The standard InChI is InChI=1S/C10H17N3O/c1-10(2,11-3)9(14)13-7-8-5-4-6-12-8/h4-6,11-12H,7H2,1-3H3,(H,13,14). The van der Waals surface area contributed by atoms with Crippen LogP contribution < -0.4 is 10.6 Å². The Morgan fingerprint density at radius 2 is 2.29 bits per heavy atom. The Morgan fingerprint density at radius 3 is 2.79 bits per heavy atom. The van der Waals surface area contributed by atoms with Crippen molar-refractivity contribution in [3.8, 4) is 0 Å². The number of hydrogen-bond acceptors (Lipinski definition) is 2. The quantitative estimate of drug-likeness (QED) is 0.660. The Labute approximate surface area is 84.1 Å². The molecule has 1 rings (SSSR count). The third-order valence-electron chi connectivity index (χ3n) is 2.29. The molecule has 1 aromatic rings. The molecule has 14 heavy (non-hydrogen) atoms. The van der Waals surface area contributed by atoms with Gasteiger partial charge in [0.05, 0.1) is 12.1 Å². The lowest BCUT2D eigenvalue weighted by Crippen LogP contribution is -2.50. The minimum atomic E-state index is -0.521. The molecule has 0 aliphatic heterocycles. The molecule has 78 valence electrons. The van der Waals surface area contributed by atoms with Crippen molar-refractivity contribution in [2.75, 3.05) is 7.05 Å². The highest BCUT2D eigenvalue weighted by atomic mass is 16.2. The van der Waals surface area contributed by atoms with Gasteiger partial charge in [0.1, 0.15) is 0 Å². The monoisotopic (exact) mass is 195 g/mol. The lowest BCUT2D eigenvalue weighted by Gasteiger charge is -2.22. The molecule has 3 N–H and O–H groups in total. The summed E-state index contributed by atoms with van der Waals surface area (Å²) in [5.41, 5.74) is 0.484. The van der Waals surface area contributed by atoms with E-state index in [1.165, 1.54) is 0 Å². The van der Waals surface area contributed by atoms with Crippen LogP contribution in [0, 0.1) is 0 Å². The number of amides is 1. The van der Waals surface area contributed by atoms with Crippen LogP contribution in [0.3, 0.4) is 0 Å². The molecule has 4 heteroatoms. The van der Waals surface area contributed by atoms with Gasteiger partial charge in [-0.25, -0.2) is 0 Å². The number of carbonyl (C=O) groups excluding carboxylic acids is 1. The first kappa shape index (κ1) is 10.8. The number of aromatic nitrogens is 1. The normalized spacial score (nSPS) is 11.4. The molecule has 0 aliphatic rings. The molecular weight excluding hydrogens is 178 g/mol. The fourth-order valence-electron chi connectivity index (χ4n) is 0.987. The third kappa shape index (κ3) is 2.60. The second-order valence-corrected chi connectivity index (χ2v) is 3.75. The van der Waals surface area contributed by atoms with Crippen molar-refractivity contribution < 1.29 is 4.79 Å². The maximum Gasteiger partial charge on any atom is 0.240 e. The largest absolute Gasteiger partial charge is 0.364 e. The van der Waals surface area contributed by atoms with Crippen LogP contribution in [0.25, 0.3) is 0 Å². The summed E-state index contributed by atoms with van der Waals surface area (Å²) in [5.74, 6) is -0.00500. The average Bonchev–Trinajstić information content (AvgIpc) is 2.66. The van der Waals surface area contributed by atoms with Crippen molar-refractivity contribution in [1.29, 1.82) is 0 Å². The molecule has 1 heterocycles. The van der Waals surface area contributed by atoms with E-state index in [2.05, 4.69) is 15.6 Å². The fourth-order valence-corrected chi connectivity index (χ4v) is 0.987. The molecule has 0 fully saturated rings. The summed E-state index contributed by atoms with van der Waals surface area (Å²) in [4.78, 5) is 14.6. The minimum absolute atomic E-state index is 0.00500. The second kappa shape index (κ2) is 4.28. The highest BCUT2D eigenvalue weighted by Gasteiger charge is 2.24. The molecule has 4 nitrogen and oxygen atoms in total. The molecule has 0 saturated heterocycles. The second-order valence-electron chi connectivity index (χ2n) is 3.75. The Hall–Kier alpha value is -1.29. The first-order valence-corrected chi connectivity index (χ1v) is 4.66. The molecular formula is C10H17N3O. The summed E-state index contributed by atoms with van der Waals surface area (Å²) in [5, 5.41) is 5.79. The predicted octanol–water partition coefficient (Wildman–Crippen LogP) is 0.629. The van der Waals surface area contributed by atoms with Crippen molar-refractivity contribution >= 4 is 5.91 Å². The van der Waals surface area contributed by atoms with Gasteiger partial charge >= 0.3 is 0 Å². The predicted molar refractivity (Wildman–Crippen MR) is 55.8 cm³/mol. The van der Waals surface area contributed by atoms with E-state index < -0.39 is 5.54 Å². The number of rotatable bonds is 4. The van der Waals surface area contributed by atoms with Gasteiger partial charge in [0.25, 0.3) is 0 Å². The molecule has 1 aromatic heterocycles. The van der Waals surface area contributed by atoms with Crippen LogP contribution in [0.15, 0.2) is 18.3 Å². The van der Waals surface area contributed by atoms with E-state index in [-0.39, 0.29) is 5.91 Å². The van der Waals surface area contributed by atoms with Gasteiger partial charge in [0, 0.05) is 11.9 Å². The van der Waals surface area contributed by atoms with E-state index in [1.54, 1.807) is 7.05 Å². The topological polar surface area (TPSA) is 56.9 Å². The summed E-state index contributed by atoms with van der Waals surface area (Å²) >= 11 is 0. The van der Waals surface area contributed by atoms with Crippen LogP contribution in [0.4, 0.5) is 0 Å². The molecule has 0 aromatic carbocycles. The Morgan fingerprint density at radius 1 is 1.57 bits per heavy atom. The molecule has 0 aliphatic carbocycles. The van der Waals surface area contributed by atoms with Crippen LogP contribution in [0.5, 0.6) is 0 Å². The first-order chi connectivity index (χ1) is 6.56. The summed E-state index contributed by atoms with van der Waals surface area (Å²) in [6.07, 6.45) is 1.84. The van der Waals surface area contributed by atoms with Gasteiger partial charge < -0.3 is 15.6 Å². The lowest BCUT2D eigenvalue weighted by atomic mass is 10.1. The average molecular weight is 195 g/mol. The van der Waals surface area contributed by atoms with Gasteiger partial charge in [-0.05, 0) is 33.0 Å². The summed E-state index contributed by atoms with van der Waals surface area (Å²) in [6, 6.07) is 3.84. The van der Waals surface area contributed by atoms with Crippen molar-refractivity contribution in [3.05, 3.63) is 24.0 Å². The van der Waals surface area contributed by atoms with E-state index in [0.29, 0.717) is 6.54 Å². The smallest absolute Gasteiger partial charge is 0.240 e. The molecule has 0 bridgehead atoms. The first-order valence-electron chi connectivity index (χ1n) is 4.66. The molecule has 0 atom stereocenters. The van der Waals surface area contributed by atoms with Crippen LogP contribution in [0.1, 0.15) is 19.5 Å². The van der Waals surface area contributed by atoms with E-state index in [9.17, 15) is 4.79 Å². The van der Waals surface area contributed by atoms with Gasteiger partial charge in [-0.3, -0.25) is 4.79 Å². The van der Waals surface area contributed by atoms with Crippen LogP contribution in [-0.4, -0.2) is 23.5 Å². The molecule has 0 unspecified atom stereocenters. The number of nitrogens with one attached hydrogen (secondary N) is 3. The van der Waals surface area contributed by atoms with Crippen molar-refractivity contribution in [2.24, 2.45) is 0 Å². The molecule has 1 amide bonds. The van der Waals surface area contributed by atoms with Gasteiger partial charge in [0.15, 0.2) is 0 Å². The molecule has 0 radical (unpaired) electrons. The molecule has 0 saturated carbocycles. The van der Waals surface area contributed by atoms with Crippen LogP contribution in [0.2, 0.25) is 0 Å². The molecule has 0 spiro atoms. The number of likely N-dealkylation sites (N-methyl/N-ethyl adjacent to an activating group) is 1. The Kier molecular flexibility index (Phi) is 3.30. The highest BCUT2D eigenvalue weighted by molar-refractivity contribution is 5.85. The maximum absolute atomic E-state index is 11.6. The van der Waals surface area contributed by atoms with Gasteiger partial charge in [-0.2, -0.15) is 0 Å². The van der Waals surface area contributed by atoms with Crippen LogP contribution in [-0.2, 0) is 11.3 Å². The SMILES string of the molecule is CNC(C)(C)C(=O)NCc1ccc[nH]1. The van der Waals surface area contributed by atoms with E-state index in [1.807, 2.05) is 32.2 Å². The third-order valence-corrected chi connectivity index (χ3v) is 2.29. The van der Waals surface area contributed by atoms with Crippen molar-refractivity contribution in [2.45, 2.75) is 25.9 Å². The summed E-state index contributed by atoms with van der Waals surface area (Å²) in [6.45, 7) is 4.23. The van der Waals surface area contributed by atoms with E-state index in [0.717, 1.165) is 5.69 Å².